The van der Waals surface area contributed by atoms with Crippen LogP contribution in [0.2, 0.25) is 0 Å². The minimum Gasteiger partial charge on any atom is -0.491 e. The Kier molecular flexibility index (Phi) is 9.24. The maximum Gasteiger partial charge on any atom is 0.254 e. The zero-order valence-electron chi connectivity index (χ0n) is 25.0. The highest BCUT2D eigenvalue weighted by Crippen LogP contribution is 2.36. The van der Waals surface area contributed by atoms with Crippen LogP contribution in [0.1, 0.15) is 36.8 Å². The molecule has 0 bridgehead atoms. The summed E-state index contributed by atoms with van der Waals surface area (Å²) in [6.07, 6.45) is 2.57. The highest BCUT2D eigenvalue weighted by atomic mass is 19.1. The van der Waals surface area contributed by atoms with Crippen molar-refractivity contribution >= 4 is 34.1 Å². The van der Waals surface area contributed by atoms with Crippen molar-refractivity contribution in [2.45, 2.75) is 39.0 Å². The van der Waals surface area contributed by atoms with Gasteiger partial charge in [-0.15, -0.1) is 0 Å². The summed E-state index contributed by atoms with van der Waals surface area (Å²) in [5.74, 6) is -1.18. The van der Waals surface area contributed by atoms with Crippen molar-refractivity contribution in [1.29, 1.82) is 0 Å². The summed E-state index contributed by atoms with van der Waals surface area (Å²) in [5, 5.41) is 7.45. The molecule has 2 aromatic heterocycles. The second-order valence-corrected chi connectivity index (χ2v) is 10.4. The summed E-state index contributed by atoms with van der Waals surface area (Å²) in [6, 6.07) is 19.3. The minimum atomic E-state index is -1.38. The molecule has 0 spiro atoms. The Morgan fingerprint density at radius 2 is 1.84 bits per heavy atom. The lowest BCUT2D eigenvalue weighted by Crippen LogP contribution is -2.51. The van der Waals surface area contributed by atoms with E-state index in [1.165, 1.54) is 0 Å². The molecule has 0 aliphatic carbocycles. The van der Waals surface area contributed by atoms with E-state index in [1.54, 1.807) is 36.0 Å². The van der Waals surface area contributed by atoms with Gasteiger partial charge >= 0.3 is 0 Å². The summed E-state index contributed by atoms with van der Waals surface area (Å²) in [7, 11) is 0. The van der Waals surface area contributed by atoms with Crippen LogP contribution >= 0.6 is 0 Å². The molecule has 11 nitrogen and oxygen atoms in total. The normalized spacial score (nSPS) is 12.4. The Labute approximate surface area is 259 Å². The number of hydrogen-bond donors (Lipinski definition) is 5. The number of pyridine rings is 1. The molecular formula is C33H35FN8O3. The van der Waals surface area contributed by atoms with Crippen molar-refractivity contribution in [2.75, 3.05) is 17.7 Å². The highest BCUT2D eigenvalue weighted by molar-refractivity contribution is 5.93. The fourth-order valence-electron chi connectivity index (χ4n) is 5.07. The molecule has 0 aliphatic heterocycles. The van der Waals surface area contributed by atoms with Gasteiger partial charge in [-0.2, -0.15) is 0 Å². The fraction of sp³-hybridized carbons (Fsp3) is 0.212. The van der Waals surface area contributed by atoms with E-state index in [0.29, 0.717) is 29.4 Å². The number of nitrogens with one attached hydrogen (secondary N) is 2. The Hall–Kier alpha value is -5.49. The number of halogens is 1. The lowest BCUT2D eigenvalue weighted by molar-refractivity contribution is -0.127. The van der Waals surface area contributed by atoms with Gasteiger partial charge in [0.05, 0.1) is 12.3 Å². The van der Waals surface area contributed by atoms with Crippen LogP contribution in [0.15, 0.2) is 79.1 Å². The van der Waals surface area contributed by atoms with E-state index in [-0.39, 0.29) is 24.5 Å². The predicted molar refractivity (Wildman–Crippen MR) is 172 cm³/mol. The highest BCUT2D eigenvalue weighted by Gasteiger charge is 2.28. The van der Waals surface area contributed by atoms with Crippen molar-refractivity contribution in [3.8, 4) is 17.0 Å². The van der Waals surface area contributed by atoms with Crippen LogP contribution in [0.3, 0.4) is 0 Å². The van der Waals surface area contributed by atoms with Crippen molar-refractivity contribution in [3.63, 3.8) is 0 Å². The zero-order valence-corrected chi connectivity index (χ0v) is 25.0. The SMILES string of the molecule is CCOc1cc(CC)cc(C(Nc2ccc3c(N)nccc3c2)c2nc(-c3ccccc3)cn2CC(=O)NC(N)C(N)=O)c1F. The molecule has 2 amide bonds. The summed E-state index contributed by atoms with van der Waals surface area (Å²) < 4.78 is 23.6. The first-order valence-corrected chi connectivity index (χ1v) is 14.5. The number of imidazole rings is 1. The maximum atomic E-state index is 16.3. The van der Waals surface area contributed by atoms with E-state index in [9.17, 15) is 9.59 Å². The van der Waals surface area contributed by atoms with Crippen LogP contribution in [0.25, 0.3) is 22.0 Å². The van der Waals surface area contributed by atoms with Crippen LogP contribution in [0.5, 0.6) is 5.75 Å². The Balaban J connectivity index is 1.69. The summed E-state index contributed by atoms with van der Waals surface area (Å²) in [4.78, 5) is 33.7. The van der Waals surface area contributed by atoms with Gasteiger partial charge in [0.15, 0.2) is 17.7 Å². The fourth-order valence-corrected chi connectivity index (χ4v) is 5.07. The third-order valence-electron chi connectivity index (χ3n) is 7.32. The molecule has 2 atom stereocenters. The molecule has 232 valence electrons. The second-order valence-electron chi connectivity index (χ2n) is 10.4. The standard InChI is InChI=1S/C33H35FN8O3/c1-3-19-14-24(28(34)26(15-19)45-4-2)29(39-22-10-11-23-21(16-22)12-13-38-30(23)35)33-40-25(20-8-6-5-7-9-20)17-42(33)18-27(43)41-31(36)32(37)44/h5-17,29,31,39H,3-4,18,36H2,1-2H3,(H2,35,38)(H2,37,44)(H,41,43). The average Bonchev–Trinajstić information content (AvgIpc) is 3.44. The van der Waals surface area contributed by atoms with Gasteiger partial charge in [-0.25, -0.2) is 14.4 Å². The number of hydrogen-bond acceptors (Lipinski definition) is 8. The topological polar surface area (TPSA) is 176 Å². The molecule has 2 heterocycles. The van der Waals surface area contributed by atoms with Gasteiger partial charge in [-0.1, -0.05) is 43.3 Å². The maximum absolute atomic E-state index is 16.3. The van der Waals surface area contributed by atoms with Crippen LogP contribution in [0, 0.1) is 5.82 Å². The van der Waals surface area contributed by atoms with Crippen molar-refractivity contribution in [1.82, 2.24) is 19.9 Å². The first-order valence-electron chi connectivity index (χ1n) is 14.5. The Bertz CT molecular complexity index is 1840. The Morgan fingerprint density at radius 3 is 2.56 bits per heavy atom. The molecule has 3 aromatic carbocycles. The van der Waals surface area contributed by atoms with E-state index in [2.05, 4.69) is 15.6 Å². The lowest BCUT2D eigenvalue weighted by Gasteiger charge is -2.24. The number of nitrogen functional groups attached to an aromatic ring is 1. The third kappa shape index (κ3) is 6.86. The molecule has 5 aromatic rings. The van der Waals surface area contributed by atoms with Crippen molar-refractivity contribution in [3.05, 3.63) is 102 Å². The van der Waals surface area contributed by atoms with E-state index in [1.807, 2.05) is 61.5 Å². The third-order valence-corrected chi connectivity index (χ3v) is 7.32. The number of benzene rings is 3. The number of carbonyl (C=O) groups excluding carboxylic acids is 2. The molecule has 2 unspecified atom stereocenters. The number of primary amides is 1. The first kappa shape index (κ1) is 31.0. The number of carbonyl (C=O) groups is 2. The first-order chi connectivity index (χ1) is 21.7. The number of aryl methyl sites for hydroxylation is 1. The second kappa shape index (κ2) is 13.4. The average molecular weight is 611 g/mol. The largest absolute Gasteiger partial charge is 0.491 e. The number of fused-ring (bicyclic) bond motifs is 1. The van der Waals surface area contributed by atoms with E-state index in [0.717, 1.165) is 21.9 Å². The lowest BCUT2D eigenvalue weighted by atomic mass is 9.99. The molecule has 0 radical (unpaired) electrons. The molecule has 0 aliphatic rings. The molecule has 45 heavy (non-hydrogen) atoms. The number of rotatable bonds is 12. The quantitative estimate of drug-likeness (QED) is 0.132. The number of nitrogens with two attached hydrogens (primary N) is 3. The number of ether oxygens (including phenoxy) is 1. The minimum absolute atomic E-state index is 0.113. The summed E-state index contributed by atoms with van der Waals surface area (Å²) in [5.41, 5.74) is 20.1. The van der Waals surface area contributed by atoms with Crippen molar-refractivity contribution < 1.29 is 18.7 Å². The van der Waals surface area contributed by atoms with Crippen LogP contribution in [-0.2, 0) is 22.6 Å². The monoisotopic (exact) mass is 610 g/mol. The van der Waals surface area contributed by atoms with Gasteiger partial charge in [0.2, 0.25) is 5.91 Å². The molecule has 8 N–H and O–H groups in total. The van der Waals surface area contributed by atoms with E-state index < -0.39 is 29.8 Å². The van der Waals surface area contributed by atoms with E-state index >= 15 is 4.39 Å². The number of aromatic nitrogens is 3. The molecular weight excluding hydrogens is 575 g/mol. The number of anilines is 2. The number of amides is 2. The van der Waals surface area contributed by atoms with Crippen LogP contribution in [-0.4, -0.2) is 39.1 Å². The summed E-state index contributed by atoms with van der Waals surface area (Å²) >= 11 is 0. The summed E-state index contributed by atoms with van der Waals surface area (Å²) in [6.45, 7) is 3.76. The van der Waals surface area contributed by atoms with Gasteiger partial charge < -0.3 is 37.1 Å². The van der Waals surface area contributed by atoms with Gasteiger partial charge in [0.25, 0.3) is 5.91 Å². The van der Waals surface area contributed by atoms with Crippen LogP contribution < -0.4 is 32.6 Å². The molecule has 12 heteroatoms. The van der Waals surface area contributed by atoms with Crippen LogP contribution in [0.4, 0.5) is 15.9 Å². The van der Waals surface area contributed by atoms with Gasteiger partial charge in [0, 0.05) is 34.6 Å². The van der Waals surface area contributed by atoms with Crippen molar-refractivity contribution in [2.24, 2.45) is 11.5 Å². The molecule has 0 saturated carbocycles. The zero-order chi connectivity index (χ0) is 32.1. The molecule has 0 saturated heterocycles. The van der Waals surface area contributed by atoms with Gasteiger partial charge in [0.1, 0.15) is 24.2 Å². The van der Waals surface area contributed by atoms with Gasteiger partial charge in [-0.05, 0) is 54.6 Å². The predicted octanol–water partition coefficient (Wildman–Crippen LogP) is 3.87. The Morgan fingerprint density at radius 1 is 1.07 bits per heavy atom. The number of nitrogens with zero attached hydrogens (tertiary/aromatic N) is 3. The molecule has 5 rings (SSSR count). The van der Waals surface area contributed by atoms with Gasteiger partial charge in [-0.3, -0.25) is 9.59 Å². The van der Waals surface area contributed by atoms with E-state index in [4.69, 9.17) is 26.9 Å². The smallest absolute Gasteiger partial charge is 0.254 e. The molecule has 0 fully saturated rings.